The second-order valence-electron chi connectivity index (χ2n) is 3.24. The predicted molar refractivity (Wildman–Crippen MR) is 57.1 cm³/mol. The summed E-state index contributed by atoms with van der Waals surface area (Å²) in [4.78, 5) is 21.8. The van der Waals surface area contributed by atoms with E-state index in [4.69, 9.17) is 4.74 Å². The average molecular weight is 204 g/mol. The maximum atomic E-state index is 11.0. The van der Waals surface area contributed by atoms with Crippen molar-refractivity contribution in [2.75, 3.05) is 0 Å². The van der Waals surface area contributed by atoms with Crippen molar-refractivity contribution in [3.8, 4) is 5.75 Å². The molecule has 0 unspecified atom stereocenters. The van der Waals surface area contributed by atoms with Gasteiger partial charge >= 0.3 is 5.97 Å². The highest BCUT2D eigenvalue weighted by molar-refractivity contribution is 5.87. The van der Waals surface area contributed by atoms with Crippen molar-refractivity contribution in [2.24, 2.45) is 0 Å². The molecule has 0 saturated carbocycles. The summed E-state index contributed by atoms with van der Waals surface area (Å²) >= 11 is 0. The highest BCUT2D eigenvalue weighted by atomic mass is 16.5. The van der Waals surface area contributed by atoms with E-state index in [0.29, 0.717) is 17.6 Å². The third-order valence-electron chi connectivity index (χ3n) is 1.94. The van der Waals surface area contributed by atoms with Crippen LogP contribution in [0.3, 0.4) is 0 Å². The molecule has 0 aliphatic carbocycles. The van der Waals surface area contributed by atoms with Gasteiger partial charge in [0.15, 0.2) is 6.29 Å². The van der Waals surface area contributed by atoms with Crippen LogP contribution in [0.5, 0.6) is 5.75 Å². The largest absolute Gasteiger partial charge is 0.422 e. The van der Waals surface area contributed by atoms with Gasteiger partial charge in [0.1, 0.15) is 5.75 Å². The fraction of sp³-hybridized carbons (Fsp3) is 0.167. The Labute approximate surface area is 88.4 Å². The van der Waals surface area contributed by atoms with E-state index in [0.717, 1.165) is 17.2 Å². The molecular formula is C12H12O3. The summed E-state index contributed by atoms with van der Waals surface area (Å²) in [7, 11) is 0. The van der Waals surface area contributed by atoms with Gasteiger partial charge in [-0.3, -0.25) is 4.79 Å². The molecule has 0 amide bonds. The summed E-state index contributed by atoms with van der Waals surface area (Å²) in [6, 6.07) is 3.52. The van der Waals surface area contributed by atoms with Crippen LogP contribution in [0.2, 0.25) is 0 Å². The summed E-state index contributed by atoms with van der Waals surface area (Å²) in [5.74, 6) is -0.259. The smallest absolute Gasteiger partial charge is 0.335 e. The van der Waals surface area contributed by atoms with E-state index in [1.54, 1.807) is 13.0 Å². The Kier molecular flexibility index (Phi) is 3.39. The fourth-order valence-corrected chi connectivity index (χ4v) is 1.36. The number of aldehydes is 1. The normalized spacial score (nSPS) is 9.47. The molecule has 0 saturated heterocycles. The molecule has 78 valence electrons. The van der Waals surface area contributed by atoms with Crippen molar-refractivity contribution in [2.45, 2.75) is 13.8 Å². The zero-order chi connectivity index (χ0) is 11.4. The standard InChI is InChI=1S/C12H12O3/c1-4-11(14)15-12-9(3)5-8(2)6-10(12)7-13/h4-7H,1H2,2-3H3. The molecule has 1 aromatic rings. The molecular weight excluding hydrogens is 192 g/mol. The molecule has 0 radical (unpaired) electrons. The Morgan fingerprint density at radius 3 is 2.60 bits per heavy atom. The molecule has 3 nitrogen and oxygen atoms in total. The molecule has 0 aromatic heterocycles. The van der Waals surface area contributed by atoms with Crippen molar-refractivity contribution in [3.63, 3.8) is 0 Å². The maximum absolute atomic E-state index is 11.0. The summed E-state index contributed by atoms with van der Waals surface area (Å²) in [5, 5.41) is 0. The first-order valence-electron chi connectivity index (χ1n) is 4.49. The van der Waals surface area contributed by atoms with Crippen molar-refractivity contribution >= 4 is 12.3 Å². The van der Waals surface area contributed by atoms with Gasteiger partial charge in [-0.15, -0.1) is 0 Å². The Balaban J connectivity index is 3.20. The number of esters is 1. The predicted octanol–water partition coefficient (Wildman–Crippen LogP) is 2.21. The van der Waals surface area contributed by atoms with E-state index in [1.165, 1.54) is 0 Å². The minimum absolute atomic E-state index is 0.306. The highest BCUT2D eigenvalue weighted by Crippen LogP contribution is 2.24. The number of benzene rings is 1. The van der Waals surface area contributed by atoms with Crippen LogP contribution in [0.1, 0.15) is 21.5 Å². The van der Waals surface area contributed by atoms with E-state index in [1.807, 2.05) is 13.0 Å². The number of hydrogen-bond acceptors (Lipinski definition) is 3. The number of aryl methyl sites for hydroxylation is 2. The molecule has 0 N–H and O–H groups in total. The second kappa shape index (κ2) is 4.55. The lowest BCUT2D eigenvalue weighted by Gasteiger charge is -2.09. The van der Waals surface area contributed by atoms with Crippen LogP contribution >= 0.6 is 0 Å². The molecule has 0 aliphatic rings. The summed E-state index contributed by atoms with van der Waals surface area (Å²) in [5.41, 5.74) is 2.09. The summed E-state index contributed by atoms with van der Waals surface area (Å²) in [6.07, 6.45) is 1.74. The van der Waals surface area contributed by atoms with Gasteiger partial charge < -0.3 is 4.74 Å². The SMILES string of the molecule is C=CC(=O)Oc1c(C)cc(C)cc1C=O. The number of carbonyl (C=O) groups is 2. The van der Waals surface area contributed by atoms with Crippen LogP contribution in [0.4, 0.5) is 0 Å². The zero-order valence-electron chi connectivity index (χ0n) is 8.74. The number of carbonyl (C=O) groups excluding carboxylic acids is 2. The van der Waals surface area contributed by atoms with Gasteiger partial charge in [-0.05, 0) is 31.0 Å². The first kappa shape index (κ1) is 11.2. The molecule has 0 spiro atoms. The molecule has 3 heteroatoms. The molecule has 1 rings (SSSR count). The first-order valence-corrected chi connectivity index (χ1v) is 4.49. The molecule has 1 aromatic carbocycles. The number of hydrogen-bond donors (Lipinski definition) is 0. The first-order chi connectivity index (χ1) is 7.08. The third kappa shape index (κ3) is 2.53. The number of ether oxygens (including phenoxy) is 1. The lowest BCUT2D eigenvalue weighted by molar-refractivity contribution is -0.129. The molecule has 0 fully saturated rings. The highest BCUT2D eigenvalue weighted by Gasteiger charge is 2.10. The van der Waals surface area contributed by atoms with Crippen LogP contribution in [0.25, 0.3) is 0 Å². The van der Waals surface area contributed by atoms with Crippen LogP contribution < -0.4 is 4.74 Å². The Bertz CT molecular complexity index is 419. The monoisotopic (exact) mass is 204 g/mol. The second-order valence-corrected chi connectivity index (χ2v) is 3.24. The quantitative estimate of drug-likeness (QED) is 0.328. The fourth-order valence-electron chi connectivity index (χ4n) is 1.36. The Morgan fingerprint density at radius 2 is 2.07 bits per heavy atom. The van der Waals surface area contributed by atoms with Gasteiger partial charge in [-0.2, -0.15) is 0 Å². The van der Waals surface area contributed by atoms with Crippen LogP contribution in [0.15, 0.2) is 24.8 Å². The maximum Gasteiger partial charge on any atom is 0.335 e. The zero-order valence-corrected chi connectivity index (χ0v) is 8.74. The molecule has 15 heavy (non-hydrogen) atoms. The minimum atomic E-state index is -0.565. The van der Waals surface area contributed by atoms with E-state index in [2.05, 4.69) is 6.58 Å². The van der Waals surface area contributed by atoms with Gasteiger partial charge in [0.25, 0.3) is 0 Å². The topological polar surface area (TPSA) is 43.4 Å². The van der Waals surface area contributed by atoms with Gasteiger partial charge in [0.05, 0.1) is 5.56 Å². The van der Waals surface area contributed by atoms with E-state index in [9.17, 15) is 9.59 Å². The van der Waals surface area contributed by atoms with Gasteiger partial charge in [-0.1, -0.05) is 12.6 Å². The average Bonchev–Trinajstić information content (AvgIpc) is 2.21. The molecule has 0 heterocycles. The van der Waals surface area contributed by atoms with Gasteiger partial charge in [-0.25, -0.2) is 4.79 Å². The Hall–Kier alpha value is -1.90. The van der Waals surface area contributed by atoms with E-state index in [-0.39, 0.29) is 0 Å². The van der Waals surface area contributed by atoms with Crippen molar-refractivity contribution < 1.29 is 14.3 Å². The van der Waals surface area contributed by atoms with Gasteiger partial charge in [0.2, 0.25) is 0 Å². The molecule has 0 atom stereocenters. The van der Waals surface area contributed by atoms with Crippen molar-refractivity contribution in [1.29, 1.82) is 0 Å². The van der Waals surface area contributed by atoms with E-state index < -0.39 is 5.97 Å². The molecule has 0 bridgehead atoms. The van der Waals surface area contributed by atoms with Gasteiger partial charge in [0, 0.05) is 6.08 Å². The van der Waals surface area contributed by atoms with Crippen molar-refractivity contribution in [1.82, 2.24) is 0 Å². The lowest BCUT2D eigenvalue weighted by atomic mass is 10.1. The summed E-state index contributed by atoms with van der Waals surface area (Å²) in [6.45, 7) is 6.95. The van der Waals surface area contributed by atoms with E-state index >= 15 is 0 Å². The van der Waals surface area contributed by atoms with Crippen molar-refractivity contribution in [3.05, 3.63) is 41.5 Å². The van der Waals surface area contributed by atoms with Crippen LogP contribution in [0, 0.1) is 13.8 Å². The number of rotatable bonds is 3. The lowest BCUT2D eigenvalue weighted by Crippen LogP contribution is -2.07. The Morgan fingerprint density at radius 1 is 1.40 bits per heavy atom. The summed E-state index contributed by atoms with van der Waals surface area (Å²) < 4.78 is 4.98. The van der Waals surface area contributed by atoms with Crippen LogP contribution in [-0.4, -0.2) is 12.3 Å². The molecule has 0 aliphatic heterocycles. The third-order valence-corrected chi connectivity index (χ3v) is 1.94. The minimum Gasteiger partial charge on any atom is -0.422 e. The van der Waals surface area contributed by atoms with Crippen LogP contribution in [-0.2, 0) is 4.79 Å².